The van der Waals surface area contributed by atoms with Crippen LogP contribution in [-0.4, -0.2) is 11.7 Å². The van der Waals surface area contributed by atoms with Crippen LogP contribution in [0.2, 0.25) is 0 Å². The molecule has 0 bridgehead atoms. The number of carbonyl (C=O) groups is 1. The lowest BCUT2D eigenvalue weighted by atomic mass is 10.2. The van der Waals surface area contributed by atoms with Crippen molar-refractivity contribution in [2.75, 3.05) is 4.90 Å². The van der Waals surface area contributed by atoms with Crippen LogP contribution in [0.1, 0.15) is 26.3 Å². The van der Waals surface area contributed by atoms with Crippen molar-refractivity contribution in [1.82, 2.24) is 0 Å². The van der Waals surface area contributed by atoms with Crippen LogP contribution >= 0.6 is 15.9 Å². The van der Waals surface area contributed by atoms with Gasteiger partial charge in [-0.15, -0.1) is 0 Å². The van der Waals surface area contributed by atoms with Crippen LogP contribution in [0.15, 0.2) is 59.1 Å². The highest BCUT2D eigenvalue weighted by Crippen LogP contribution is 2.17. The van der Waals surface area contributed by atoms with E-state index in [4.69, 9.17) is 4.74 Å². The fraction of sp³-hybridized carbons (Fsp3) is 0.211. The minimum atomic E-state index is -0.580. The molecule has 0 aromatic heterocycles. The Balaban J connectivity index is 2.31. The summed E-state index contributed by atoms with van der Waals surface area (Å²) in [5.74, 6) is 2.99. The van der Waals surface area contributed by atoms with Crippen LogP contribution in [0.5, 0.6) is 0 Å². The van der Waals surface area contributed by atoms with Gasteiger partial charge in [0.15, 0.2) is 0 Å². The second kappa shape index (κ2) is 7.34. The van der Waals surface area contributed by atoms with Crippen LogP contribution in [0.3, 0.4) is 0 Å². The molecule has 118 valence electrons. The smallest absolute Gasteiger partial charge is 0.426 e. The Hall–Kier alpha value is -2.25. The number of hydrogen-bond donors (Lipinski definition) is 0. The van der Waals surface area contributed by atoms with E-state index in [-0.39, 0.29) is 0 Å². The van der Waals surface area contributed by atoms with Gasteiger partial charge < -0.3 is 4.74 Å². The first-order valence-electron chi connectivity index (χ1n) is 7.20. The standard InChI is InChI=1S/C19H18BrNO2/c1-19(2,3)23-18(22)21(17-7-5-4-6-8-17)14-13-15-9-11-16(20)12-10-15/h4-12H,1-3H3. The van der Waals surface area contributed by atoms with Gasteiger partial charge in [-0.2, -0.15) is 0 Å². The molecule has 0 N–H and O–H groups in total. The summed E-state index contributed by atoms with van der Waals surface area (Å²) in [5, 5.41) is 0. The third kappa shape index (κ3) is 5.46. The lowest BCUT2D eigenvalue weighted by Gasteiger charge is -2.23. The summed E-state index contributed by atoms with van der Waals surface area (Å²) in [6, 6.07) is 19.7. The van der Waals surface area contributed by atoms with Crippen LogP contribution in [0.4, 0.5) is 10.5 Å². The molecular formula is C19H18BrNO2. The van der Waals surface area contributed by atoms with E-state index in [0.29, 0.717) is 5.69 Å². The van der Waals surface area contributed by atoms with Gasteiger partial charge in [0, 0.05) is 16.1 Å². The van der Waals surface area contributed by atoms with E-state index in [2.05, 4.69) is 27.9 Å². The summed E-state index contributed by atoms with van der Waals surface area (Å²) in [4.78, 5) is 13.8. The van der Waals surface area contributed by atoms with Crippen LogP contribution in [0, 0.1) is 12.0 Å². The van der Waals surface area contributed by atoms with E-state index >= 15 is 0 Å². The Morgan fingerprint density at radius 2 is 1.65 bits per heavy atom. The fourth-order valence-corrected chi connectivity index (χ4v) is 2.02. The van der Waals surface area contributed by atoms with E-state index in [1.54, 1.807) is 0 Å². The SMILES string of the molecule is CC(C)(C)OC(=O)N(C#Cc1ccc(Br)cc1)c1ccccc1. The Labute approximate surface area is 145 Å². The highest BCUT2D eigenvalue weighted by atomic mass is 79.9. The molecule has 4 heteroatoms. The zero-order valence-electron chi connectivity index (χ0n) is 13.3. The normalized spacial score (nSPS) is 10.4. The number of nitrogens with zero attached hydrogens (tertiary/aromatic N) is 1. The molecule has 2 rings (SSSR count). The predicted molar refractivity (Wildman–Crippen MR) is 96.2 cm³/mol. The summed E-state index contributed by atoms with van der Waals surface area (Å²) >= 11 is 3.39. The maximum absolute atomic E-state index is 12.4. The zero-order chi connectivity index (χ0) is 16.9. The van der Waals surface area contributed by atoms with Gasteiger partial charge in [-0.25, -0.2) is 9.69 Å². The van der Waals surface area contributed by atoms with E-state index in [1.807, 2.05) is 75.4 Å². The monoisotopic (exact) mass is 371 g/mol. The molecule has 0 fully saturated rings. The fourth-order valence-electron chi connectivity index (χ4n) is 1.75. The first-order chi connectivity index (χ1) is 10.8. The van der Waals surface area contributed by atoms with Crippen molar-refractivity contribution >= 4 is 27.7 Å². The molecule has 0 spiro atoms. The topological polar surface area (TPSA) is 29.5 Å². The summed E-state index contributed by atoms with van der Waals surface area (Å²) < 4.78 is 6.42. The lowest BCUT2D eigenvalue weighted by Crippen LogP contribution is -2.33. The minimum Gasteiger partial charge on any atom is -0.443 e. The van der Waals surface area contributed by atoms with Crippen LogP contribution in [0.25, 0.3) is 0 Å². The molecule has 0 atom stereocenters. The van der Waals surface area contributed by atoms with Gasteiger partial charge in [-0.3, -0.25) is 0 Å². The van der Waals surface area contributed by atoms with Crippen molar-refractivity contribution in [3.8, 4) is 12.0 Å². The van der Waals surface area contributed by atoms with Crippen molar-refractivity contribution in [2.45, 2.75) is 26.4 Å². The highest BCUT2D eigenvalue weighted by Gasteiger charge is 2.22. The van der Waals surface area contributed by atoms with Gasteiger partial charge in [-0.1, -0.05) is 34.1 Å². The van der Waals surface area contributed by atoms with Gasteiger partial charge in [0.1, 0.15) is 5.60 Å². The number of benzene rings is 2. The van der Waals surface area contributed by atoms with Gasteiger partial charge in [0.05, 0.1) is 5.69 Å². The van der Waals surface area contributed by atoms with Gasteiger partial charge >= 0.3 is 6.09 Å². The molecule has 0 aliphatic rings. The van der Waals surface area contributed by atoms with Crippen LogP contribution in [-0.2, 0) is 4.74 Å². The maximum atomic E-state index is 12.4. The summed E-state index contributed by atoms with van der Waals surface area (Å²) in [6.07, 6.45) is -0.492. The summed E-state index contributed by atoms with van der Waals surface area (Å²) in [7, 11) is 0. The molecule has 0 heterocycles. The molecule has 1 amide bonds. The molecule has 0 saturated carbocycles. The molecule has 0 radical (unpaired) electrons. The van der Waals surface area contributed by atoms with Crippen molar-refractivity contribution < 1.29 is 9.53 Å². The van der Waals surface area contributed by atoms with E-state index in [9.17, 15) is 4.79 Å². The number of anilines is 1. The van der Waals surface area contributed by atoms with Crippen molar-refractivity contribution in [3.63, 3.8) is 0 Å². The molecule has 23 heavy (non-hydrogen) atoms. The number of para-hydroxylation sites is 1. The second-order valence-corrected chi connectivity index (χ2v) is 6.81. The molecule has 2 aromatic rings. The Kier molecular flexibility index (Phi) is 5.46. The Bertz CT molecular complexity index is 722. The number of carbonyl (C=O) groups excluding carboxylic acids is 1. The molecule has 0 saturated heterocycles. The molecule has 0 aliphatic carbocycles. The first-order valence-corrected chi connectivity index (χ1v) is 8.00. The Morgan fingerprint density at radius 1 is 1.04 bits per heavy atom. The average Bonchev–Trinajstić information content (AvgIpc) is 2.48. The van der Waals surface area contributed by atoms with E-state index in [0.717, 1.165) is 10.0 Å². The van der Waals surface area contributed by atoms with Crippen molar-refractivity contribution in [2.24, 2.45) is 0 Å². The van der Waals surface area contributed by atoms with Crippen molar-refractivity contribution in [3.05, 3.63) is 64.6 Å². The van der Waals surface area contributed by atoms with Crippen LogP contribution < -0.4 is 4.90 Å². The average molecular weight is 372 g/mol. The number of hydrogen-bond acceptors (Lipinski definition) is 2. The van der Waals surface area contributed by atoms with Gasteiger partial charge in [0.2, 0.25) is 0 Å². The second-order valence-electron chi connectivity index (χ2n) is 5.89. The first kappa shape index (κ1) is 17.1. The number of ether oxygens (including phenoxy) is 1. The molecule has 3 nitrogen and oxygen atoms in total. The largest absolute Gasteiger partial charge is 0.443 e. The summed E-state index contributed by atoms with van der Waals surface area (Å²) in [5.41, 5.74) is 0.910. The molecule has 0 unspecified atom stereocenters. The quantitative estimate of drug-likeness (QED) is 0.509. The molecular weight excluding hydrogens is 354 g/mol. The van der Waals surface area contributed by atoms with Gasteiger partial charge in [-0.05, 0) is 63.1 Å². The van der Waals surface area contributed by atoms with E-state index in [1.165, 1.54) is 4.90 Å². The third-order valence-corrected chi connectivity index (χ3v) is 3.28. The van der Waals surface area contributed by atoms with Gasteiger partial charge in [0.25, 0.3) is 0 Å². The maximum Gasteiger partial charge on any atom is 0.426 e. The Morgan fingerprint density at radius 3 is 2.22 bits per heavy atom. The molecule has 2 aromatic carbocycles. The van der Waals surface area contributed by atoms with Crippen molar-refractivity contribution in [1.29, 1.82) is 0 Å². The number of halogens is 1. The minimum absolute atomic E-state index is 0.492. The summed E-state index contributed by atoms with van der Waals surface area (Å²) in [6.45, 7) is 5.49. The lowest BCUT2D eigenvalue weighted by molar-refractivity contribution is 0.0600. The number of amides is 1. The third-order valence-electron chi connectivity index (χ3n) is 2.75. The van der Waals surface area contributed by atoms with E-state index < -0.39 is 11.7 Å². The zero-order valence-corrected chi connectivity index (χ0v) is 14.9. The number of rotatable bonds is 1. The predicted octanol–water partition coefficient (Wildman–Crippen LogP) is 5.20. The molecule has 0 aliphatic heterocycles. The highest BCUT2D eigenvalue weighted by molar-refractivity contribution is 9.10.